The molecule has 1 rings (SSSR count). The van der Waals surface area contributed by atoms with Gasteiger partial charge in [-0.25, -0.2) is 17.2 Å². The summed E-state index contributed by atoms with van der Waals surface area (Å²) in [6.07, 6.45) is 0. The molecule has 22 heavy (non-hydrogen) atoms. The van der Waals surface area contributed by atoms with Gasteiger partial charge in [-0.3, -0.25) is 4.79 Å². The van der Waals surface area contributed by atoms with Crippen LogP contribution in [0, 0.1) is 11.6 Å². The highest BCUT2D eigenvalue weighted by atomic mass is 32.2. The molecule has 10 heteroatoms. The van der Waals surface area contributed by atoms with Crippen LogP contribution < -0.4 is 15.2 Å². The first-order valence-corrected chi connectivity index (χ1v) is 7.41. The van der Waals surface area contributed by atoms with Crippen molar-refractivity contribution in [3.63, 3.8) is 0 Å². The minimum atomic E-state index is -4.57. The standard InChI is InChI=1S/C12H16F2N2O5S/c1-12(6-20-2,11(15)17)16-22(18,19)10-8(14)4-7(13)5-9(10)21-3/h4-5,16H,6H2,1-3H3,(H2,15,17). The number of methoxy groups -OCH3 is 2. The maximum Gasteiger partial charge on any atom is 0.248 e. The van der Waals surface area contributed by atoms with Gasteiger partial charge in [-0.1, -0.05) is 0 Å². The van der Waals surface area contributed by atoms with Crippen LogP contribution in [-0.2, 0) is 19.6 Å². The number of hydrogen-bond acceptors (Lipinski definition) is 5. The zero-order chi connectivity index (χ0) is 17.1. The number of ether oxygens (including phenoxy) is 2. The van der Waals surface area contributed by atoms with Crippen LogP contribution in [0.1, 0.15) is 6.92 Å². The van der Waals surface area contributed by atoms with Crippen molar-refractivity contribution in [1.82, 2.24) is 4.72 Å². The van der Waals surface area contributed by atoms with Gasteiger partial charge in [0.25, 0.3) is 0 Å². The molecule has 0 radical (unpaired) electrons. The van der Waals surface area contributed by atoms with Crippen molar-refractivity contribution >= 4 is 15.9 Å². The summed E-state index contributed by atoms with van der Waals surface area (Å²) in [5.74, 6) is -3.95. The van der Waals surface area contributed by atoms with Crippen LogP contribution in [0.5, 0.6) is 5.75 Å². The molecule has 1 atom stereocenters. The van der Waals surface area contributed by atoms with Crippen molar-refractivity contribution in [2.45, 2.75) is 17.4 Å². The number of halogens is 2. The van der Waals surface area contributed by atoms with Gasteiger partial charge in [0.2, 0.25) is 15.9 Å². The molecule has 0 spiro atoms. The minimum absolute atomic E-state index is 0.382. The Morgan fingerprint density at radius 2 is 1.95 bits per heavy atom. The molecule has 0 bridgehead atoms. The molecule has 124 valence electrons. The second-order valence-electron chi connectivity index (χ2n) is 4.65. The monoisotopic (exact) mass is 338 g/mol. The van der Waals surface area contributed by atoms with Gasteiger partial charge in [-0.2, -0.15) is 4.72 Å². The van der Waals surface area contributed by atoms with E-state index in [1.165, 1.54) is 14.0 Å². The summed E-state index contributed by atoms with van der Waals surface area (Å²) >= 11 is 0. The van der Waals surface area contributed by atoms with E-state index < -0.39 is 43.7 Å². The molecular weight excluding hydrogens is 322 g/mol. The average molecular weight is 338 g/mol. The van der Waals surface area contributed by atoms with Crippen molar-refractivity contribution in [3.8, 4) is 5.75 Å². The number of benzene rings is 1. The molecule has 1 aromatic carbocycles. The van der Waals surface area contributed by atoms with Gasteiger partial charge in [-0.05, 0) is 6.92 Å². The molecule has 1 aromatic rings. The van der Waals surface area contributed by atoms with Crippen LogP contribution in [-0.4, -0.2) is 40.7 Å². The Balaban J connectivity index is 3.40. The fourth-order valence-electron chi connectivity index (χ4n) is 1.74. The number of amides is 1. The molecule has 0 aliphatic carbocycles. The number of nitrogens with two attached hydrogens (primary N) is 1. The third kappa shape index (κ3) is 3.70. The lowest BCUT2D eigenvalue weighted by molar-refractivity contribution is -0.124. The van der Waals surface area contributed by atoms with Crippen LogP contribution in [0.4, 0.5) is 8.78 Å². The molecular formula is C12H16F2N2O5S. The number of rotatable bonds is 7. The third-order valence-electron chi connectivity index (χ3n) is 2.80. The smallest absolute Gasteiger partial charge is 0.248 e. The SMILES string of the molecule is COCC(C)(NS(=O)(=O)c1c(F)cc(F)cc1OC)C(N)=O. The lowest BCUT2D eigenvalue weighted by Crippen LogP contribution is -2.58. The Labute approximate surface area is 126 Å². The third-order valence-corrected chi connectivity index (χ3v) is 4.45. The average Bonchev–Trinajstić information content (AvgIpc) is 2.36. The summed E-state index contributed by atoms with van der Waals surface area (Å²) < 4.78 is 63.0. The largest absolute Gasteiger partial charge is 0.495 e. The first kappa shape index (κ1) is 18.3. The van der Waals surface area contributed by atoms with Crippen LogP contribution in [0.3, 0.4) is 0 Å². The topological polar surface area (TPSA) is 108 Å². The van der Waals surface area contributed by atoms with Gasteiger partial charge in [0.1, 0.15) is 22.9 Å². The molecule has 1 amide bonds. The normalized spacial score (nSPS) is 14.4. The molecule has 0 aromatic heterocycles. The number of carbonyl (C=O) groups is 1. The Morgan fingerprint density at radius 1 is 1.36 bits per heavy atom. The zero-order valence-electron chi connectivity index (χ0n) is 12.1. The van der Waals surface area contributed by atoms with Gasteiger partial charge >= 0.3 is 0 Å². The predicted molar refractivity (Wildman–Crippen MR) is 72.7 cm³/mol. The predicted octanol–water partition coefficient (Wildman–Crippen LogP) is 0.142. The van der Waals surface area contributed by atoms with Crippen LogP contribution >= 0.6 is 0 Å². The zero-order valence-corrected chi connectivity index (χ0v) is 13.0. The van der Waals surface area contributed by atoms with E-state index in [9.17, 15) is 22.0 Å². The number of nitrogens with one attached hydrogen (secondary N) is 1. The molecule has 0 heterocycles. The van der Waals surface area contributed by atoms with Gasteiger partial charge in [-0.15, -0.1) is 0 Å². The second-order valence-corrected chi connectivity index (χ2v) is 6.27. The molecule has 1 unspecified atom stereocenters. The van der Waals surface area contributed by atoms with E-state index in [1.54, 1.807) is 0 Å². The molecule has 0 aliphatic rings. The van der Waals surface area contributed by atoms with Crippen molar-refractivity contribution in [2.75, 3.05) is 20.8 Å². The van der Waals surface area contributed by atoms with Gasteiger partial charge in [0, 0.05) is 19.2 Å². The number of hydrogen-bond donors (Lipinski definition) is 2. The van der Waals surface area contributed by atoms with E-state index in [1.807, 2.05) is 4.72 Å². The van der Waals surface area contributed by atoms with E-state index in [0.717, 1.165) is 7.11 Å². The van der Waals surface area contributed by atoms with E-state index in [-0.39, 0.29) is 6.61 Å². The fourth-order valence-corrected chi connectivity index (χ4v) is 3.31. The molecule has 0 saturated heterocycles. The highest BCUT2D eigenvalue weighted by Crippen LogP contribution is 2.28. The maximum atomic E-state index is 13.9. The maximum absolute atomic E-state index is 13.9. The highest BCUT2D eigenvalue weighted by Gasteiger charge is 2.38. The Hall–Kier alpha value is -1.78. The number of sulfonamides is 1. The van der Waals surface area contributed by atoms with Gasteiger partial charge in [0.05, 0.1) is 13.7 Å². The van der Waals surface area contributed by atoms with E-state index in [4.69, 9.17) is 10.5 Å². The number of carbonyl (C=O) groups excluding carboxylic acids is 1. The Bertz CT molecular complexity index is 680. The molecule has 0 fully saturated rings. The van der Waals surface area contributed by atoms with Gasteiger partial charge in [0.15, 0.2) is 4.90 Å². The number of primary amides is 1. The first-order valence-electron chi connectivity index (χ1n) is 5.93. The van der Waals surface area contributed by atoms with Crippen molar-refractivity contribution in [3.05, 3.63) is 23.8 Å². The fraction of sp³-hybridized carbons (Fsp3) is 0.417. The van der Waals surface area contributed by atoms with Crippen LogP contribution in [0.25, 0.3) is 0 Å². The van der Waals surface area contributed by atoms with E-state index in [0.29, 0.717) is 12.1 Å². The summed E-state index contributed by atoms with van der Waals surface area (Å²) in [5, 5.41) is 0. The van der Waals surface area contributed by atoms with E-state index >= 15 is 0 Å². The second kappa shape index (κ2) is 6.55. The highest BCUT2D eigenvalue weighted by molar-refractivity contribution is 7.89. The summed E-state index contributed by atoms with van der Waals surface area (Å²) in [5.41, 5.74) is 3.32. The lowest BCUT2D eigenvalue weighted by Gasteiger charge is -2.26. The molecule has 7 nitrogen and oxygen atoms in total. The Morgan fingerprint density at radius 3 is 2.41 bits per heavy atom. The summed E-state index contributed by atoms with van der Waals surface area (Å²) in [6.45, 7) is 0.789. The lowest BCUT2D eigenvalue weighted by atomic mass is 10.1. The van der Waals surface area contributed by atoms with Crippen LogP contribution in [0.15, 0.2) is 17.0 Å². The molecule has 0 saturated carbocycles. The Kier molecular flexibility index (Phi) is 5.44. The van der Waals surface area contributed by atoms with E-state index in [2.05, 4.69) is 4.74 Å². The van der Waals surface area contributed by atoms with Crippen molar-refractivity contribution in [2.24, 2.45) is 5.73 Å². The van der Waals surface area contributed by atoms with Gasteiger partial charge < -0.3 is 15.2 Å². The molecule has 3 N–H and O–H groups in total. The summed E-state index contributed by atoms with van der Waals surface area (Å²) in [7, 11) is -2.29. The van der Waals surface area contributed by atoms with Crippen molar-refractivity contribution in [1.29, 1.82) is 0 Å². The van der Waals surface area contributed by atoms with Crippen molar-refractivity contribution < 1.29 is 31.5 Å². The quantitative estimate of drug-likeness (QED) is 0.735. The van der Waals surface area contributed by atoms with Crippen LogP contribution in [0.2, 0.25) is 0 Å². The first-order chi connectivity index (χ1) is 10.1. The minimum Gasteiger partial charge on any atom is -0.495 e. The summed E-state index contributed by atoms with van der Waals surface area (Å²) in [6, 6.07) is 1.09. The summed E-state index contributed by atoms with van der Waals surface area (Å²) in [4.78, 5) is 10.5. The molecule has 0 aliphatic heterocycles.